The van der Waals surface area contributed by atoms with E-state index in [1.807, 2.05) is 0 Å². The lowest BCUT2D eigenvalue weighted by molar-refractivity contribution is 0.198. The molecular weight excluding hydrogens is 232 g/mol. The minimum atomic E-state index is 0.0925. The van der Waals surface area contributed by atoms with Gasteiger partial charge in [0.05, 0.1) is 0 Å². The van der Waals surface area contributed by atoms with Crippen molar-refractivity contribution in [3.63, 3.8) is 0 Å². The molecule has 1 saturated carbocycles. The number of nitrogens with zero attached hydrogens (tertiary/aromatic N) is 1. The van der Waals surface area contributed by atoms with Crippen molar-refractivity contribution in [2.45, 2.75) is 50.6 Å². The van der Waals surface area contributed by atoms with Crippen LogP contribution in [0.2, 0.25) is 0 Å². The topological polar surface area (TPSA) is 29.3 Å². The van der Waals surface area contributed by atoms with Gasteiger partial charge in [-0.1, -0.05) is 49.6 Å². The molecule has 0 spiro atoms. The van der Waals surface area contributed by atoms with Gasteiger partial charge in [-0.25, -0.2) is 0 Å². The first kappa shape index (κ1) is 13.1. The monoisotopic (exact) mass is 258 g/mol. The van der Waals surface area contributed by atoms with Crippen LogP contribution in [0.25, 0.3) is 0 Å². The standard InChI is InChI=1S/C17H26N2/c18-17(16-9-5-2-6-10-16)11-12-19(14-17)13-15-7-3-1-4-8-15/h1,3-4,7-8,16H,2,5-6,9-14,18H2. The van der Waals surface area contributed by atoms with Crippen molar-refractivity contribution in [2.24, 2.45) is 11.7 Å². The molecule has 2 nitrogen and oxygen atoms in total. The van der Waals surface area contributed by atoms with Gasteiger partial charge in [-0.15, -0.1) is 0 Å². The summed E-state index contributed by atoms with van der Waals surface area (Å²) in [5.41, 5.74) is 8.24. The average molecular weight is 258 g/mol. The van der Waals surface area contributed by atoms with E-state index in [-0.39, 0.29) is 5.54 Å². The highest BCUT2D eigenvalue weighted by Crippen LogP contribution is 2.37. The molecule has 0 radical (unpaired) electrons. The Hall–Kier alpha value is -0.860. The maximum Gasteiger partial charge on any atom is 0.0324 e. The highest BCUT2D eigenvalue weighted by Gasteiger charge is 2.41. The first-order chi connectivity index (χ1) is 9.26. The van der Waals surface area contributed by atoms with Crippen LogP contribution in [0.4, 0.5) is 0 Å². The summed E-state index contributed by atoms with van der Waals surface area (Å²) in [4.78, 5) is 2.55. The Morgan fingerprint density at radius 2 is 1.84 bits per heavy atom. The first-order valence-electron chi connectivity index (χ1n) is 7.81. The highest BCUT2D eigenvalue weighted by molar-refractivity contribution is 5.15. The molecule has 2 heteroatoms. The number of likely N-dealkylation sites (tertiary alicyclic amines) is 1. The molecule has 1 aliphatic carbocycles. The van der Waals surface area contributed by atoms with Gasteiger partial charge in [-0.05, 0) is 30.7 Å². The summed E-state index contributed by atoms with van der Waals surface area (Å²) in [5.74, 6) is 0.766. The predicted octanol–water partition coefficient (Wildman–Crippen LogP) is 3.17. The van der Waals surface area contributed by atoms with E-state index in [1.54, 1.807) is 0 Å². The molecule has 0 bridgehead atoms. The minimum absolute atomic E-state index is 0.0925. The number of hydrogen-bond donors (Lipinski definition) is 1. The van der Waals surface area contributed by atoms with Crippen molar-refractivity contribution in [2.75, 3.05) is 13.1 Å². The lowest BCUT2D eigenvalue weighted by Gasteiger charge is -2.36. The van der Waals surface area contributed by atoms with E-state index in [2.05, 4.69) is 35.2 Å². The van der Waals surface area contributed by atoms with Crippen molar-refractivity contribution in [1.29, 1.82) is 0 Å². The Bertz CT molecular complexity index is 397. The minimum Gasteiger partial charge on any atom is -0.324 e. The summed E-state index contributed by atoms with van der Waals surface area (Å²) < 4.78 is 0. The predicted molar refractivity (Wildman–Crippen MR) is 79.8 cm³/mol. The largest absolute Gasteiger partial charge is 0.324 e. The van der Waals surface area contributed by atoms with E-state index in [0.29, 0.717) is 0 Å². The maximum absolute atomic E-state index is 6.74. The quantitative estimate of drug-likeness (QED) is 0.902. The van der Waals surface area contributed by atoms with Crippen molar-refractivity contribution in [1.82, 2.24) is 4.90 Å². The zero-order valence-corrected chi connectivity index (χ0v) is 11.9. The molecule has 1 unspecified atom stereocenters. The molecule has 1 heterocycles. The molecule has 3 rings (SSSR count). The van der Waals surface area contributed by atoms with Crippen molar-refractivity contribution in [3.8, 4) is 0 Å². The molecule has 1 aromatic carbocycles. The molecule has 19 heavy (non-hydrogen) atoms. The Labute approximate surface area is 117 Å². The van der Waals surface area contributed by atoms with E-state index in [9.17, 15) is 0 Å². The van der Waals surface area contributed by atoms with E-state index in [4.69, 9.17) is 5.73 Å². The molecular formula is C17H26N2. The van der Waals surface area contributed by atoms with E-state index in [0.717, 1.165) is 19.0 Å². The van der Waals surface area contributed by atoms with E-state index < -0.39 is 0 Å². The van der Waals surface area contributed by atoms with Crippen molar-refractivity contribution < 1.29 is 0 Å². The van der Waals surface area contributed by atoms with Gasteiger partial charge in [0.2, 0.25) is 0 Å². The molecule has 2 N–H and O–H groups in total. The third kappa shape index (κ3) is 3.01. The molecule has 2 aliphatic rings. The molecule has 1 saturated heterocycles. The van der Waals surface area contributed by atoms with E-state index in [1.165, 1.54) is 50.6 Å². The van der Waals surface area contributed by atoms with Gasteiger partial charge < -0.3 is 5.73 Å². The zero-order chi connectivity index (χ0) is 13.1. The van der Waals surface area contributed by atoms with Crippen molar-refractivity contribution >= 4 is 0 Å². The second kappa shape index (κ2) is 5.64. The molecule has 1 aromatic rings. The van der Waals surface area contributed by atoms with Crippen LogP contribution in [0, 0.1) is 5.92 Å². The van der Waals surface area contributed by atoms with Crippen LogP contribution in [0.1, 0.15) is 44.1 Å². The summed E-state index contributed by atoms with van der Waals surface area (Å²) in [7, 11) is 0. The Balaban J connectivity index is 1.59. The molecule has 1 atom stereocenters. The number of nitrogens with two attached hydrogens (primary N) is 1. The second-order valence-electron chi connectivity index (χ2n) is 6.51. The highest BCUT2D eigenvalue weighted by atomic mass is 15.2. The molecule has 0 amide bonds. The maximum atomic E-state index is 6.74. The second-order valence-corrected chi connectivity index (χ2v) is 6.51. The van der Waals surface area contributed by atoms with Crippen LogP contribution in [0.3, 0.4) is 0 Å². The van der Waals surface area contributed by atoms with Crippen LogP contribution >= 0.6 is 0 Å². The lowest BCUT2D eigenvalue weighted by Crippen LogP contribution is -2.50. The number of benzene rings is 1. The third-order valence-electron chi connectivity index (χ3n) is 5.08. The SMILES string of the molecule is NC1(C2CCCCC2)CCN(Cc2ccccc2)C1. The van der Waals surface area contributed by atoms with Crippen LogP contribution in [-0.2, 0) is 6.54 Å². The summed E-state index contributed by atoms with van der Waals surface area (Å²) >= 11 is 0. The number of hydrogen-bond acceptors (Lipinski definition) is 2. The van der Waals surface area contributed by atoms with Gasteiger partial charge in [0, 0.05) is 25.2 Å². The lowest BCUT2D eigenvalue weighted by atomic mass is 9.75. The van der Waals surface area contributed by atoms with Gasteiger partial charge >= 0.3 is 0 Å². The van der Waals surface area contributed by atoms with Gasteiger partial charge in [-0.2, -0.15) is 0 Å². The Morgan fingerprint density at radius 3 is 2.58 bits per heavy atom. The van der Waals surface area contributed by atoms with Crippen molar-refractivity contribution in [3.05, 3.63) is 35.9 Å². The fraction of sp³-hybridized carbons (Fsp3) is 0.647. The van der Waals surface area contributed by atoms with E-state index >= 15 is 0 Å². The summed E-state index contributed by atoms with van der Waals surface area (Å²) in [5, 5.41) is 0. The van der Waals surface area contributed by atoms with Gasteiger partial charge in [0.1, 0.15) is 0 Å². The van der Waals surface area contributed by atoms with Crippen LogP contribution in [-0.4, -0.2) is 23.5 Å². The fourth-order valence-electron chi connectivity index (χ4n) is 3.93. The molecule has 1 aliphatic heterocycles. The molecule has 104 valence electrons. The van der Waals surface area contributed by atoms with Gasteiger partial charge in [-0.3, -0.25) is 4.90 Å². The molecule has 0 aromatic heterocycles. The average Bonchev–Trinajstić information content (AvgIpc) is 2.84. The summed E-state index contributed by atoms with van der Waals surface area (Å²) in [6.07, 6.45) is 8.10. The zero-order valence-electron chi connectivity index (χ0n) is 11.9. The van der Waals surface area contributed by atoms with Crippen LogP contribution in [0.15, 0.2) is 30.3 Å². The summed E-state index contributed by atoms with van der Waals surface area (Å²) in [6.45, 7) is 3.32. The Morgan fingerprint density at radius 1 is 1.11 bits per heavy atom. The van der Waals surface area contributed by atoms with Crippen LogP contribution < -0.4 is 5.73 Å². The third-order valence-corrected chi connectivity index (χ3v) is 5.08. The van der Waals surface area contributed by atoms with Gasteiger partial charge in [0.25, 0.3) is 0 Å². The Kier molecular flexibility index (Phi) is 3.90. The van der Waals surface area contributed by atoms with Gasteiger partial charge in [0.15, 0.2) is 0 Å². The van der Waals surface area contributed by atoms with Crippen LogP contribution in [0.5, 0.6) is 0 Å². The number of rotatable bonds is 3. The molecule has 2 fully saturated rings. The fourth-order valence-corrected chi connectivity index (χ4v) is 3.93. The normalized spacial score (nSPS) is 29.7. The first-order valence-corrected chi connectivity index (χ1v) is 7.81. The smallest absolute Gasteiger partial charge is 0.0324 e. The summed E-state index contributed by atoms with van der Waals surface area (Å²) in [6, 6.07) is 10.8.